The van der Waals surface area contributed by atoms with Crippen LogP contribution in [0.1, 0.15) is 0 Å². The number of aromatic nitrogens is 2. The van der Waals surface area contributed by atoms with Crippen molar-refractivity contribution in [3.05, 3.63) is 12.5 Å². The Balaban J connectivity index is 2.20. The summed E-state index contributed by atoms with van der Waals surface area (Å²) in [5.41, 5.74) is 0.651. The van der Waals surface area contributed by atoms with Gasteiger partial charge in [-0.3, -0.25) is 0 Å². The lowest BCUT2D eigenvalue weighted by molar-refractivity contribution is 0.0890. The molecule has 0 N–H and O–H groups in total. The smallest absolute Gasteiger partial charge is 0.141 e. The highest BCUT2D eigenvalue weighted by Crippen LogP contribution is 2.07. The zero-order valence-electron chi connectivity index (χ0n) is 9.16. The zero-order valence-corrected chi connectivity index (χ0v) is 10.2. The molecule has 0 aliphatic carbocycles. The Bertz CT molecular complexity index is 283. The Morgan fingerprint density at radius 2 is 2.21 bits per heavy atom. The summed E-state index contributed by atoms with van der Waals surface area (Å²) in [6.45, 7) is 8.33. The van der Waals surface area contributed by atoms with Gasteiger partial charge >= 0.3 is 0 Å². The van der Waals surface area contributed by atoms with Crippen molar-refractivity contribution < 1.29 is 4.74 Å². The molecule has 3 nitrogen and oxygen atoms in total. The molecule has 14 heavy (non-hydrogen) atoms. The third-order valence-electron chi connectivity index (χ3n) is 1.97. The van der Waals surface area contributed by atoms with Crippen LogP contribution in [0, 0.1) is 0 Å². The first-order chi connectivity index (χ1) is 6.49. The highest BCUT2D eigenvalue weighted by atomic mass is 28.3. The fourth-order valence-electron chi connectivity index (χ4n) is 0.980. The van der Waals surface area contributed by atoms with Gasteiger partial charge in [-0.25, -0.2) is 4.98 Å². The van der Waals surface area contributed by atoms with Crippen LogP contribution in [0.15, 0.2) is 12.5 Å². The fourth-order valence-corrected chi connectivity index (χ4v) is 1.74. The van der Waals surface area contributed by atoms with E-state index < -0.39 is 8.07 Å². The molecule has 1 rings (SSSR count). The molecule has 1 aromatic heterocycles. The number of hydrogen-bond acceptors (Lipinski definition) is 2. The summed E-state index contributed by atoms with van der Waals surface area (Å²) in [7, 11) is 4.66. The maximum Gasteiger partial charge on any atom is 0.141 e. The number of nitrogens with zero attached hydrogens (tertiary/aromatic N) is 2. The van der Waals surface area contributed by atoms with E-state index in [1.165, 1.54) is 6.04 Å². The quantitative estimate of drug-likeness (QED) is 0.533. The predicted octanol–water partition coefficient (Wildman–Crippen LogP) is 0.989. The Kier molecular flexibility index (Phi) is 3.95. The van der Waals surface area contributed by atoms with Gasteiger partial charge < -0.3 is 9.30 Å². The predicted molar refractivity (Wildman–Crippen MR) is 61.7 cm³/mol. The van der Waals surface area contributed by atoms with Gasteiger partial charge in [-0.1, -0.05) is 19.6 Å². The molecule has 5 heteroatoms. The van der Waals surface area contributed by atoms with Crippen LogP contribution in [-0.4, -0.2) is 32.1 Å². The van der Waals surface area contributed by atoms with Crippen molar-refractivity contribution in [3.8, 4) is 0 Å². The molecule has 0 aliphatic rings. The van der Waals surface area contributed by atoms with Crippen molar-refractivity contribution in [3.63, 3.8) is 0 Å². The maximum absolute atomic E-state index is 5.64. The largest absolute Gasteiger partial charge is 0.361 e. The van der Waals surface area contributed by atoms with E-state index >= 15 is 0 Å². The van der Waals surface area contributed by atoms with Gasteiger partial charge in [-0.05, 0) is 11.6 Å². The number of ether oxygens (including phenoxy) is 1. The molecule has 0 spiro atoms. The second-order valence-corrected chi connectivity index (χ2v) is 10.3. The third kappa shape index (κ3) is 4.11. The van der Waals surface area contributed by atoms with Crippen LogP contribution in [0.3, 0.4) is 0 Å². The standard InChI is InChI=1S/C9H17BN2OSi/c1-14(2,3)5-4-13-8-12-7-11-6-9(12)10/h6-7H,4-5,8H2,1-3H3. The number of hydrogen-bond donors (Lipinski definition) is 0. The van der Waals surface area contributed by atoms with Gasteiger partial charge in [0.05, 0.1) is 6.33 Å². The summed E-state index contributed by atoms with van der Waals surface area (Å²) in [6.07, 6.45) is 3.31. The average molecular weight is 208 g/mol. The molecule has 0 atom stereocenters. The molecule has 0 fully saturated rings. The molecule has 0 saturated carbocycles. The summed E-state index contributed by atoms with van der Waals surface area (Å²) in [6, 6.07) is 1.18. The van der Waals surface area contributed by atoms with Crippen LogP contribution in [0.2, 0.25) is 25.7 Å². The van der Waals surface area contributed by atoms with E-state index in [-0.39, 0.29) is 0 Å². The van der Waals surface area contributed by atoms with Gasteiger partial charge in [0.25, 0.3) is 0 Å². The maximum atomic E-state index is 5.64. The topological polar surface area (TPSA) is 27.1 Å². The minimum atomic E-state index is -0.974. The SMILES string of the molecule is [B]c1cncn1COCC[Si](C)(C)C. The van der Waals surface area contributed by atoms with E-state index in [4.69, 9.17) is 12.6 Å². The summed E-state index contributed by atoms with van der Waals surface area (Å²) in [5.74, 6) is 0. The molecule has 1 aromatic rings. The minimum Gasteiger partial charge on any atom is -0.361 e. The van der Waals surface area contributed by atoms with Gasteiger partial charge in [0.1, 0.15) is 14.6 Å². The lowest BCUT2D eigenvalue weighted by atomic mass is 10.1. The van der Waals surface area contributed by atoms with E-state index in [1.54, 1.807) is 17.1 Å². The first-order valence-corrected chi connectivity index (χ1v) is 8.53. The molecule has 76 valence electrons. The Morgan fingerprint density at radius 1 is 1.50 bits per heavy atom. The van der Waals surface area contributed by atoms with Gasteiger partial charge in [0, 0.05) is 20.9 Å². The van der Waals surface area contributed by atoms with Gasteiger partial charge in [0.2, 0.25) is 0 Å². The Labute approximate surface area is 87.9 Å². The minimum absolute atomic E-state index is 0.510. The van der Waals surface area contributed by atoms with Crippen LogP contribution < -0.4 is 5.59 Å². The molecule has 0 bridgehead atoms. The molecule has 0 saturated heterocycles. The molecule has 0 aliphatic heterocycles. The van der Waals surface area contributed by atoms with Crippen molar-refractivity contribution in [2.75, 3.05) is 6.61 Å². The highest BCUT2D eigenvalue weighted by molar-refractivity contribution is 6.76. The zero-order chi connectivity index (χ0) is 10.6. The Hall–Kier alpha value is -0.548. The van der Waals surface area contributed by atoms with Crippen LogP contribution in [0.25, 0.3) is 0 Å². The van der Waals surface area contributed by atoms with Gasteiger partial charge in [-0.2, -0.15) is 0 Å². The summed E-state index contributed by atoms with van der Waals surface area (Å²) < 4.78 is 7.31. The molecule has 0 aromatic carbocycles. The van der Waals surface area contributed by atoms with Gasteiger partial charge in [0.15, 0.2) is 0 Å². The van der Waals surface area contributed by atoms with E-state index in [0.29, 0.717) is 12.3 Å². The second kappa shape index (κ2) is 4.80. The number of rotatable bonds is 5. The first-order valence-electron chi connectivity index (χ1n) is 4.82. The van der Waals surface area contributed by atoms with Crippen molar-refractivity contribution in [2.24, 2.45) is 0 Å². The second-order valence-electron chi connectivity index (χ2n) is 4.64. The van der Waals surface area contributed by atoms with Gasteiger partial charge in [-0.15, -0.1) is 0 Å². The molecule has 1 heterocycles. The van der Waals surface area contributed by atoms with Crippen molar-refractivity contribution in [1.29, 1.82) is 0 Å². The molecule has 2 radical (unpaired) electrons. The van der Waals surface area contributed by atoms with E-state index in [0.717, 1.165) is 6.61 Å². The molecular formula is C9H17BN2OSi. The average Bonchev–Trinajstić information content (AvgIpc) is 2.44. The third-order valence-corrected chi connectivity index (χ3v) is 3.68. The first kappa shape index (κ1) is 11.5. The van der Waals surface area contributed by atoms with E-state index in [9.17, 15) is 0 Å². The van der Waals surface area contributed by atoms with Crippen LogP contribution in [0.5, 0.6) is 0 Å². The van der Waals surface area contributed by atoms with E-state index in [1.807, 2.05) is 0 Å². The van der Waals surface area contributed by atoms with Crippen molar-refractivity contribution in [2.45, 2.75) is 32.4 Å². The molecular weight excluding hydrogens is 191 g/mol. The molecule has 0 unspecified atom stereocenters. The van der Waals surface area contributed by atoms with Crippen LogP contribution >= 0.6 is 0 Å². The normalized spacial score (nSPS) is 11.9. The van der Waals surface area contributed by atoms with Crippen LogP contribution in [-0.2, 0) is 11.5 Å². The lowest BCUT2D eigenvalue weighted by Gasteiger charge is -2.15. The summed E-state index contributed by atoms with van der Waals surface area (Å²) >= 11 is 0. The number of imidazole rings is 1. The highest BCUT2D eigenvalue weighted by Gasteiger charge is 2.11. The summed E-state index contributed by atoms with van der Waals surface area (Å²) in [4.78, 5) is 3.92. The van der Waals surface area contributed by atoms with Crippen LogP contribution in [0.4, 0.5) is 0 Å². The molecule has 0 amide bonds. The van der Waals surface area contributed by atoms with Crippen molar-refractivity contribution in [1.82, 2.24) is 9.55 Å². The monoisotopic (exact) mass is 208 g/mol. The van der Waals surface area contributed by atoms with E-state index in [2.05, 4.69) is 24.6 Å². The Morgan fingerprint density at radius 3 is 2.71 bits per heavy atom. The lowest BCUT2D eigenvalue weighted by Crippen LogP contribution is -2.23. The summed E-state index contributed by atoms with van der Waals surface area (Å²) in [5, 5.41) is 0. The fraction of sp³-hybridized carbons (Fsp3) is 0.667. The van der Waals surface area contributed by atoms with Crippen molar-refractivity contribution >= 4 is 21.5 Å².